The second-order valence-electron chi connectivity index (χ2n) is 5.97. The minimum atomic E-state index is -0.681. The third-order valence-electron chi connectivity index (χ3n) is 4.04. The Labute approximate surface area is 177 Å². The first kappa shape index (κ1) is 19.1. The molecule has 0 unspecified atom stereocenters. The Bertz CT molecular complexity index is 1200. The molecule has 0 fully saturated rings. The molecule has 0 radical (unpaired) electrons. The van der Waals surface area contributed by atoms with Crippen molar-refractivity contribution in [3.63, 3.8) is 0 Å². The fourth-order valence-corrected chi connectivity index (χ4v) is 3.10. The quantitative estimate of drug-likeness (QED) is 0.212. The first-order valence-electron chi connectivity index (χ1n) is 8.23. The van der Waals surface area contributed by atoms with Crippen LogP contribution in [0.3, 0.4) is 0 Å². The van der Waals surface area contributed by atoms with E-state index in [-0.39, 0.29) is 27.9 Å². The largest absolute Gasteiger partial charge is 0.457 e. The van der Waals surface area contributed by atoms with Gasteiger partial charge >= 0.3 is 5.97 Å². The summed E-state index contributed by atoms with van der Waals surface area (Å²) >= 11 is 9.19. The zero-order valence-electron chi connectivity index (χ0n) is 14.5. The van der Waals surface area contributed by atoms with Crippen molar-refractivity contribution in [2.45, 2.75) is 0 Å². The van der Waals surface area contributed by atoms with Gasteiger partial charge < -0.3 is 9.15 Å². The Morgan fingerprint density at radius 1 is 1.07 bits per heavy atom. The van der Waals surface area contributed by atoms with E-state index in [2.05, 4.69) is 20.9 Å². The molecule has 0 atom stereocenters. The normalized spacial score (nSPS) is 14.8. The van der Waals surface area contributed by atoms with Gasteiger partial charge in [0.05, 0.1) is 4.92 Å². The number of furan rings is 1. The van der Waals surface area contributed by atoms with Crippen LogP contribution >= 0.6 is 27.5 Å². The summed E-state index contributed by atoms with van der Waals surface area (Å²) in [6, 6.07) is 15.1. The van der Waals surface area contributed by atoms with Gasteiger partial charge in [-0.1, -0.05) is 39.7 Å². The van der Waals surface area contributed by atoms with Crippen LogP contribution in [-0.2, 0) is 9.53 Å². The number of carbonyl (C=O) groups is 1. The number of aliphatic imine (C=N–C) groups is 1. The number of benzene rings is 2. The molecular weight excluding hydrogens is 464 g/mol. The molecule has 0 aliphatic carbocycles. The molecule has 1 aliphatic heterocycles. The number of ether oxygens (including phenoxy) is 1. The zero-order valence-corrected chi connectivity index (χ0v) is 16.8. The Kier molecular flexibility index (Phi) is 5.04. The maximum Gasteiger partial charge on any atom is 0.363 e. The number of hydrogen-bond acceptors (Lipinski definition) is 6. The third-order valence-corrected chi connectivity index (χ3v) is 4.89. The maximum atomic E-state index is 12.2. The predicted molar refractivity (Wildman–Crippen MR) is 111 cm³/mol. The van der Waals surface area contributed by atoms with Gasteiger partial charge in [0.15, 0.2) is 5.70 Å². The molecule has 2 heterocycles. The molecular formula is C20H10BrClN2O5. The number of cyclic esters (lactones) is 1. The van der Waals surface area contributed by atoms with E-state index in [1.54, 1.807) is 12.1 Å². The highest BCUT2D eigenvalue weighted by atomic mass is 79.9. The minimum absolute atomic E-state index is 0.0181. The fraction of sp³-hybridized carbons (Fsp3) is 0. The number of halogens is 2. The van der Waals surface area contributed by atoms with Crippen LogP contribution in [0, 0.1) is 10.1 Å². The number of nitro benzene ring substituents is 1. The summed E-state index contributed by atoms with van der Waals surface area (Å²) in [4.78, 5) is 26.7. The summed E-state index contributed by atoms with van der Waals surface area (Å²) < 4.78 is 11.8. The van der Waals surface area contributed by atoms with Crippen molar-refractivity contribution in [3.05, 3.63) is 91.2 Å². The summed E-state index contributed by atoms with van der Waals surface area (Å²) in [5.41, 5.74) is 0.872. The van der Waals surface area contributed by atoms with Crippen LogP contribution in [0.25, 0.3) is 17.4 Å². The molecule has 0 saturated heterocycles. The van der Waals surface area contributed by atoms with Gasteiger partial charge in [0, 0.05) is 27.7 Å². The van der Waals surface area contributed by atoms with Gasteiger partial charge in [0.25, 0.3) is 5.69 Å². The molecule has 7 nitrogen and oxygen atoms in total. The van der Waals surface area contributed by atoms with Crippen LogP contribution in [0.1, 0.15) is 11.3 Å². The van der Waals surface area contributed by atoms with Crippen LogP contribution < -0.4 is 0 Å². The highest BCUT2D eigenvalue weighted by molar-refractivity contribution is 9.10. The van der Waals surface area contributed by atoms with Crippen molar-refractivity contribution in [1.29, 1.82) is 0 Å². The van der Waals surface area contributed by atoms with Gasteiger partial charge in [-0.15, -0.1) is 0 Å². The summed E-state index contributed by atoms with van der Waals surface area (Å²) in [5, 5.41) is 11.0. The molecule has 9 heteroatoms. The van der Waals surface area contributed by atoms with Crippen molar-refractivity contribution in [2.24, 2.45) is 4.99 Å². The lowest BCUT2D eigenvalue weighted by molar-refractivity contribution is -0.384. The van der Waals surface area contributed by atoms with E-state index in [9.17, 15) is 14.9 Å². The van der Waals surface area contributed by atoms with E-state index < -0.39 is 10.9 Å². The van der Waals surface area contributed by atoms with E-state index in [1.807, 2.05) is 24.3 Å². The maximum absolute atomic E-state index is 12.2. The third kappa shape index (κ3) is 3.98. The van der Waals surface area contributed by atoms with Crippen molar-refractivity contribution in [1.82, 2.24) is 0 Å². The van der Waals surface area contributed by atoms with Crippen LogP contribution in [0.4, 0.5) is 5.69 Å². The van der Waals surface area contributed by atoms with Crippen LogP contribution in [0.15, 0.2) is 74.2 Å². The SMILES string of the molecule is O=C1OC(c2ccc(Cl)c([N+](=O)[O-])c2)=N/C1=C\c1ccc(-c2ccc(Br)cc2)o1. The van der Waals surface area contributed by atoms with E-state index in [1.165, 1.54) is 24.3 Å². The van der Waals surface area contributed by atoms with Gasteiger partial charge in [0.2, 0.25) is 5.90 Å². The van der Waals surface area contributed by atoms with Crippen LogP contribution in [0.5, 0.6) is 0 Å². The first-order valence-corrected chi connectivity index (χ1v) is 9.40. The molecule has 4 rings (SSSR count). The molecule has 144 valence electrons. The first-order chi connectivity index (χ1) is 13.9. The molecule has 1 aliphatic rings. The summed E-state index contributed by atoms with van der Waals surface area (Å²) in [7, 11) is 0. The van der Waals surface area contributed by atoms with Gasteiger partial charge in [-0.25, -0.2) is 9.79 Å². The molecule has 0 N–H and O–H groups in total. The predicted octanol–water partition coefficient (Wildman–Crippen LogP) is 5.62. The fourth-order valence-electron chi connectivity index (χ4n) is 2.65. The van der Waals surface area contributed by atoms with Crippen molar-refractivity contribution in [3.8, 4) is 11.3 Å². The number of nitrogens with zero attached hydrogens (tertiary/aromatic N) is 2. The van der Waals surface area contributed by atoms with E-state index in [0.29, 0.717) is 11.5 Å². The highest BCUT2D eigenvalue weighted by Gasteiger charge is 2.26. The van der Waals surface area contributed by atoms with Crippen LogP contribution in [-0.4, -0.2) is 16.8 Å². The topological polar surface area (TPSA) is 94.9 Å². The minimum Gasteiger partial charge on any atom is -0.457 e. The van der Waals surface area contributed by atoms with Crippen LogP contribution in [0.2, 0.25) is 5.02 Å². The van der Waals surface area contributed by atoms with E-state index in [0.717, 1.165) is 10.0 Å². The second-order valence-corrected chi connectivity index (χ2v) is 7.29. The molecule has 0 bridgehead atoms. The monoisotopic (exact) mass is 472 g/mol. The van der Waals surface area contributed by atoms with Crippen molar-refractivity contribution >= 4 is 51.2 Å². The number of esters is 1. The number of hydrogen-bond donors (Lipinski definition) is 0. The molecule has 0 amide bonds. The molecule has 0 spiro atoms. The lowest BCUT2D eigenvalue weighted by Gasteiger charge is -2.00. The Morgan fingerprint density at radius 2 is 1.79 bits per heavy atom. The van der Waals surface area contributed by atoms with Gasteiger partial charge in [0.1, 0.15) is 16.5 Å². The molecule has 29 heavy (non-hydrogen) atoms. The summed E-state index contributed by atoms with van der Waals surface area (Å²) in [6.07, 6.45) is 1.45. The van der Waals surface area contributed by atoms with Gasteiger partial charge in [-0.05, 0) is 36.4 Å². The van der Waals surface area contributed by atoms with Crippen molar-refractivity contribution in [2.75, 3.05) is 0 Å². The average molecular weight is 474 g/mol. The lowest BCUT2D eigenvalue weighted by atomic mass is 10.2. The Balaban J connectivity index is 1.63. The standard InChI is InChI=1S/C20H10BrClN2O5/c21-13-4-1-11(2-5-13)18-8-6-14(28-18)10-16-20(25)29-19(23-16)12-3-7-15(22)17(9-12)24(26)27/h1-10H/b16-10-. The average Bonchev–Trinajstić information content (AvgIpc) is 3.30. The number of carbonyl (C=O) groups excluding carboxylic acids is 1. The number of rotatable bonds is 4. The molecule has 2 aromatic carbocycles. The van der Waals surface area contributed by atoms with Gasteiger partial charge in [-0.2, -0.15) is 0 Å². The Morgan fingerprint density at radius 3 is 2.52 bits per heavy atom. The molecule has 0 saturated carbocycles. The summed E-state index contributed by atoms with van der Waals surface area (Å²) in [5.74, 6) is 0.329. The van der Waals surface area contributed by atoms with Gasteiger partial charge in [-0.3, -0.25) is 10.1 Å². The van der Waals surface area contributed by atoms with E-state index in [4.69, 9.17) is 20.8 Å². The van der Waals surface area contributed by atoms with E-state index >= 15 is 0 Å². The molecule has 1 aromatic heterocycles. The van der Waals surface area contributed by atoms with Crippen molar-refractivity contribution < 1.29 is 18.9 Å². The number of nitro groups is 1. The highest BCUT2D eigenvalue weighted by Crippen LogP contribution is 2.29. The summed E-state index contributed by atoms with van der Waals surface area (Å²) in [6.45, 7) is 0. The zero-order chi connectivity index (χ0) is 20.5. The lowest BCUT2D eigenvalue weighted by Crippen LogP contribution is -2.06. The molecule has 3 aromatic rings. The Hall–Kier alpha value is -3.23. The smallest absolute Gasteiger partial charge is 0.363 e. The second kappa shape index (κ2) is 7.65.